The van der Waals surface area contributed by atoms with E-state index >= 15 is 0 Å². The molecule has 1 saturated carbocycles. The van der Waals surface area contributed by atoms with Crippen LogP contribution in [0.3, 0.4) is 0 Å². The molecule has 0 aromatic carbocycles. The largest absolute Gasteiger partial charge is 0.465 e. The second kappa shape index (κ2) is 6.60. The smallest absolute Gasteiger partial charge is 0.314 e. The predicted octanol–water partition coefficient (Wildman–Crippen LogP) is 2.65. The van der Waals surface area contributed by atoms with E-state index in [9.17, 15) is 9.90 Å². The van der Waals surface area contributed by atoms with Crippen molar-refractivity contribution >= 4 is 21.9 Å². The summed E-state index contributed by atoms with van der Waals surface area (Å²) in [5, 5.41) is 11.0. The number of aliphatic hydroxyl groups is 1. The third-order valence-corrected chi connectivity index (χ3v) is 3.99. The van der Waals surface area contributed by atoms with Crippen molar-refractivity contribution in [1.82, 2.24) is 0 Å². The number of hydrogen-bond acceptors (Lipinski definition) is 3. The maximum Gasteiger partial charge on any atom is 0.314 e. The van der Waals surface area contributed by atoms with Gasteiger partial charge in [-0.25, -0.2) is 0 Å². The number of aliphatic hydroxyl groups excluding tert-OH is 1. The van der Waals surface area contributed by atoms with E-state index in [1.54, 1.807) is 0 Å². The minimum Gasteiger partial charge on any atom is -0.465 e. The van der Waals surface area contributed by atoms with E-state index in [0.29, 0.717) is 6.61 Å². The van der Waals surface area contributed by atoms with E-state index in [0.717, 1.165) is 43.9 Å². The molecule has 0 radical (unpaired) electrons. The van der Waals surface area contributed by atoms with E-state index in [-0.39, 0.29) is 5.97 Å². The summed E-state index contributed by atoms with van der Waals surface area (Å²) in [6, 6.07) is 0. The number of hydrogen-bond donors (Lipinski definition) is 1. The summed E-state index contributed by atoms with van der Waals surface area (Å²) in [5.74, 6) is -0.205. The van der Waals surface area contributed by atoms with Gasteiger partial charge in [0, 0.05) is 5.33 Å². The molecular weight excluding hydrogens is 272 g/mol. The quantitative estimate of drug-likeness (QED) is 0.626. The summed E-state index contributed by atoms with van der Waals surface area (Å²) in [4.78, 5) is 12.0. The van der Waals surface area contributed by atoms with Gasteiger partial charge in [-0.1, -0.05) is 28.8 Å². The lowest BCUT2D eigenvalue weighted by Crippen LogP contribution is -2.46. The Balaban J connectivity index is 2.76. The van der Waals surface area contributed by atoms with Gasteiger partial charge in [0.1, 0.15) is 0 Å². The number of esters is 1. The monoisotopic (exact) mass is 292 g/mol. The normalized spacial score (nSPS) is 30.1. The van der Waals surface area contributed by atoms with E-state index in [1.807, 2.05) is 6.92 Å². The van der Waals surface area contributed by atoms with Gasteiger partial charge in [0.2, 0.25) is 0 Å². The standard InChI is InChI=1S/C12H21BrO3/c1-2-16-11(15)12(8-5-9-13)7-4-3-6-10(12)14/h10,14H,2-9H2,1H3/t10-,12-/m1/s1. The van der Waals surface area contributed by atoms with Crippen LogP contribution < -0.4 is 0 Å². The van der Waals surface area contributed by atoms with Gasteiger partial charge in [-0.05, 0) is 32.6 Å². The number of rotatable bonds is 5. The molecule has 0 heterocycles. The molecule has 4 heteroatoms. The first-order valence-electron chi connectivity index (χ1n) is 6.08. The van der Waals surface area contributed by atoms with E-state index in [2.05, 4.69) is 15.9 Å². The lowest BCUT2D eigenvalue weighted by Gasteiger charge is -2.39. The average molecular weight is 293 g/mol. The van der Waals surface area contributed by atoms with Crippen LogP contribution in [0.4, 0.5) is 0 Å². The third-order valence-electron chi connectivity index (χ3n) is 3.43. The van der Waals surface area contributed by atoms with Crippen molar-refractivity contribution in [3.05, 3.63) is 0 Å². The molecule has 0 amide bonds. The fraction of sp³-hybridized carbons (Fsp3) is 0.917. The highest BCUT2D eigenvalue weighted by molar-refractivity contribution is 9.09. The van der Waals surface area contributed by atoms with Gasteiger partial charge in [-0.2, -0.15) is 0 Å². The highest BCUT2D eigenvalue weighted by atomic mass is 79.9. The van der Waals surface area contributed by atoms with Crippen LogP contribution in [0, 0.1) is 5.41 Å². The number of carbonyl (C=O) groups excluding carboxylic acids is 1. The van der Waals surface area contributed by atoms with Crippen molar-refractivity contribution in [3.8, 4) is 0 Å². The molecule has 0 unspecified atom stereocenters. The maximum atomic E-state index is 12.0. The van der Waals surface area contributed by atoms with Crippen molar-refractivity contribution in [2.24, 2.45) is 5.41 Å². The van der Waals surface area contributed by atoms with Crippen molar-refractivity contribution < 1.29 is 14.6 Å². The molecule has 0 bridgehead atoms. The van der Waals surface area contributed by atoms with Crippen molar-refractivity contribution in [2.45, 2.75) is 51.6 Å². The summed E-state index contributed by atoms with van der Waals surface area (Å²) >= 11 is 3.37. The molecule has 0 aromatic heterocycles. The molecule has 0 aliphatic heterocycles. The van der Waals surface area contributed by atoms with Crippen molar-refractivity contribution in [1.29, 1.82) is 0 Å². The van der Waals surface area contributed by atoms with Gasteiger partial charge in [0.25, 0.3) is 0 Å². The topological polar surface area (TPSA) is 46.5 Å². The Morgan fingerprint density at radius 3 is 2.88 bits per heavy atom. The molecule has 1 N–H and O–H groups in total. The number of halogens is 1. The second-order valence-electron chi connectivity index (χ2n) is 4.43. The average Bonchev–Trinajstić information content (AvgIpc) is 2.28. The number of alkyl halides is 1. The summed E-state index contributed by atoms with van der Waals surface area (Å²) in [6.45, 7) is 2.20. The van der Waals surface area contributed by atoms with Gasteiger partial charge in [0.15, 0.2) is 0 Å². The fourth-order valence-electron chi connectivity index (χ4n) is 2.51. The Hall–Kier alpha value is -0.0900. The molecular formula is C12H21BrO3. The van der Waals surface area contributed by atoms with Crippen molar-refractivity contribution in [2.75, 3.05) is 11.9 Å². The minimum absolute atomic E-state index is 0.205. The lowest BCUT2D eigenvalue weighted by molar-refractivity contribution is -0.167. The van der Waals surface area contributed by atoms with Crippen LogP contribution in [0.25, 0.3) is 0 Å². The zero-order valence-corrected chi connectivity index (χ0v) is 11.5. The summed E-state index contributed by atoms with van der Waals surface area (Å²) < 4.78 is 5.14. The third kappa shape index (κ3) is 2.98. The molecule has 1 aliphatic rings. The van der Waals surface area contributed by atoms with Gasteiger partial charge in [-0.3, -0.25) is 4.79 Å². The van der Waals surface area contributed by atoms with E-state index in [4.69, 9.17) is 4.74 Å². The molecule has 1 fully saturated rings. The first-order valence-corrected chi connectivity index (χ1v) is 7.20. The Kier molecular flexibility index (Phi) is 5.76. The highest BCUT2D eigenvalue weighted by Gasteiger charge is 2.46. The molecule has 0 spiro atoms. The molecule has 0 aromatic rings. The second-order valence-corrected chi connectivity index (χ2v) is 5.22. The van der Waals surface area contributed by atoms with E-state index in [1.165, 1.54) is 0 Å². The number of carbonyl (C=O) groups is 1. The first-order chi connectivity index (χ1) is 7.67. The zero-order chi connectivity index (χ0) is 12.0. The van der Waals surface area contributed by atoms with Gasteiger partial charge in [0.05, 0.1) is 18.1 Å². The Morgan fingerprint density at radius 1 is 1.56 bits per heavy atom. The molecule has 94 valence electrons. The SMILES string of the molecule is CCOC(=O)[C@@]1(CCCBr)CCCC[C@H]1O. The van der Waals surface area contributed by atoms with Crippen LogP contribution in [0.1, 0.15) is 45.4 Å². The van der Waals surface area contributed by atoms with Crippen LogP contribution in [0.2, 0.25) is 0 Å². The van der Waals surface area contributed by atoms with E-state index < -0.39 is 11.5 Å². The van der Waals surface area contributed by atoms with Crippen LogP contribution in [-0.4, -0.2) is 29.1 Å². The number of ether oxygens (including phenoxy) is 1. The van der Waals surface area contributed by atoms with Crippen LogP contribution in [0.5, 0.6) is 0 Å². The molecule has 2 atom stereocenters. The molecule has 0 saturated heterocycles. The molecule has 3 nitrogen and oxygen atoms in total. The summed E-state index contributed by atoms with van der Waals surface area (Å²) in [7, 11) is 0. The molecule has 16 heavy (non-hydrogen) atoms. The highest BCUT2D eigenvalue weighted by Crippen LogP contribution is 2.41. The predicted molar refractivity (Wildman–Crippen MR) is 66.6 cm³/mol. The summed E-state index contributed by atoms with van der Waals surface area (Å²) in [5.41, 5.74) is -0.637. The van der Waals surface area contributed by atoms with Gasteiger partial charge < -0.3 is 9.84 Å². The van der Waals surface area contributed by atoms with Gasteiger partial charge >= 0.3 is 5.97 Å². The minimum atomic E-state index is -0.637. The Bertz CT molecular complexity index is 232. The molecule has 1 rings (SSSR count). The van der Waals surface area contributed by atoms with Crippen LogP contribution in [-0.2, 0) is 9.53 Å². The lowest BCUT2D eigenvalue weighted by atomic mass is 9.69. The van der Waals surface area contributed by atoms with Crippen LogP contribution >= 0.6 is 15.9 Å². The zero-order valence-electron chi connectivity index (χ0n) is 9.88. The fourth-order valence-corrected chi connectivity index (χ4v) is 2.79. The van der Waals surface area contributed by atoms with Crippen LogP contribution in [0.15, 0.2) is 0 Å². The van der Waals surface area contributed by atoms with Crippen molar-refractivity contribution in [3.63, 3.8) is 0 Å². The summed E-state index contributed by atoms with van der Waals surface area (Å²) in [6.07, 6.45) is 4.60. The Morgan fingerprint density at radius 2 is 2.31 bits per heavy atom. The first kappa shape index (κ1) is 14.0. The maximum absolute atomic E-state index is 12.0. The Labute approximate surface area is 106 Å². The van der Waals surface area contributed by atoms with Gasteiger partial charge in [-0.15, -0.1) is 0 Å². The molecule has 1 aliphatic carbocycles.